The van der Waals surface area contributed by atoms with Crippen LogP contribution in [0.2, 0.25) is 0 Å². The van der Waals surface area contributed by atoms with Gasteiger partial charge in [-0.25, -0.2) is 4.79 Å². The molecule has 1 aliphatic rings. The van der Waals surface area contributed by atoms with Crippen LogP contribution in [0.5, 0.6) is 0 Å². The Morgan fingerprint density at radius 2 is 1.85 bits per heavy atom. The number of hydrogen-bond donors (Lipinski definition) is 2. The van der Waals surface area contributed by atoms with E-state index >= 15 is 0 Å². The first-order chi connectivity index (χ1) is 9.72. The van der Waals surface area contributed by atoms with Crippen LogP contribution in [0.4, 0.5) is 10.5 Å². The molecule has 0 radical (unpaired) electrons. The Morgan fingerprint density at radius 3 is 2.65 bits per heavy atom. The van der Waals surface area contributed by atoms with E-state index in [0.29, 0.717) is 0 Å². The maximum absolute atomic E-state index is 12.0. The SMILES string of the molecule is Cc1ccc(NC(=O)N[C@H]2CCc3ccccc32)cc1. The quantitative estimate of drug-likeness (QED) is 0.852. The third kappa shape index (κ3) is 2.67. The van der Waals surface area contributed by atoms with Crippen molar-refractivity contribution in [2.24, 2.45) is 0 Å². The van der Waals surface area contributed by atoms with E-state index in [1.165, 1.54) is 16.7 Å². The first-order valence-corrected chi connectivity index (χ1v) is 6.94. The van der Waals surface area contributed by atoms with E-state index in [-0.39, 0.29) is 12.1 Å². The zero-order valence-corrected chi connectivity index (χ0v) is 11.5. The molecule has 0 aliphatic heterocycles. The summed E-state index contributed by atoms with van der Waals surface area (Å²) < 4.78 is 0. The average Bonchev–Trinajstić information content (AvgIpc) is 2.85. The van der Waals surface area contributed by atoms with E-state index in [9.17, 15) is 4.79 Å². The second-order valence-electron chi connectivity index (χ2n) is 5.25. The number of rotatable bonds is 2. The lowest BCUT2D eigenvalue weighted by Crippen LogP contribution is -2.31. The molecule has 2 N–H and O–H groups in total. The van der Waals surface area contributed by atoms with E-state index in [1.807, 2.05) is 43.3 Å². The summed E-state index contributed by atoms with van der Waals surface area (Å²) in [6.07, 6.45) is 2.01. The summed E-state index contributed by atoms with van der Waals surface area (Å²) in [4.78, 5) is 12.0. The van der Waals surface area contributed by atoms with Gasteiger partial charge in [0, 0.05) is 5.69 Å². The van der Waals surface area contributed by atoms with Gasteiger partial charge in [0.2, 0.25) is 0 Å². The minimum Gasteiger partial charge on any atom is -0.331 e. The van der Waals surface area contributed by atoms with Gasteiger partial charge in [0.05, 0.1) is 6.04 Å². The van der Waals surface area contributed by atoms with E-state index in [2.05, 4.69) is 22.8 Å². The summed E-state index contributed by atoms with van der Waals surface area (Å²) in [5, 5.41) is 5.92. The molecular formula is C17H18N2O. The number of amides is 2. The second-order valence-corrected chi connectivity index (χ2v) is 5.25. The first-order valence-electron chi connectivity index (χ1n) is 6.94. The minimum absolute atomic E-state index is 0.122. The summed E-state index contributed by atoms with van der Waals surface area (Å²) in [5.41, 5.74) is 4.58. The van der Waals surface area contributed by atoms with Crippen molar-refractivity contribution in [3.8, 4) is 0 Å². The minimum atomic E-state index is -0.143. The molecule has 0 unspecified atom stereocenters. The summed E-state index contributed by atoms with van der Waals surface area (Å²) in [7, 11) is 0. The number of aryl methyl sites for hydroxylation is 2. The van der Waals surface area contributed by atoms with Gasteiger partial charge in [0.1, 0.15) is 0 Å². The molecule has 0 saturated carbocycles. The molecule has 3 nitrogen and oxygen atoms in total. The number of carbonyl (C=O) groups excluding carboxylic acids is 1. The number of nitrogens with one attached hydrogen (secondary N) is 2. The standard InChI is InChI=1S/C17H18N2O/c1-12-6-9-14(10-7-12)18-17(20)19-16-11-8-13-4-2-3-5-15(13)16/h2-7,9-10,16H,8,11H2,1H3,(H2,18,19,20)/t16-/m0/s1. The summed E-state index contributed by atoms with van der Waals surface area (Å²) >= 11 is 0. The predicted molar refractivity (Wildman–Crippen MR) is 80.8 cm³/mol. The van der Waals surface area contributed by atoms with Crippen molar-refractivity contribution in [1.29, 1.82) is 0 Å². The van der Waals surface area contributed by atoms with Gasteiger partial charge in [-0.1, -0.05) is 42.0 Å². The number of fused-ring (bicyclic) bond motifs is 1. The van der Waals surface area contributed by atoms with E-state index < -0.39 is 0 Å². The molecule has 2 amide bonds. The highest BCUT2D eigenvalue weighted by molar-refractivity contribution is 5.89. The Bertz CT molecular complexity index is 619. The van der Waals surface area contributed by atoms with Crippen LogP contribution < -0.4 is 10.6 Å². The van der Waals surface area contributed by atoms with Gasteiger partial charge in [0.25, 0.3) is 0 Å². The lowest BCUT2D eigenvalue weighted by atomic mass is 10.1. The molecule has 0 saturated heterocycles. The van der Waals surface area contributed by atoms with Gasteiger partial charge in [-0.05, 0) is 43.0 Å². The topological polar surface area (TPSA) is 41.1 Å². The Balaban J connectivity index is 1.64. The largest absolute Gasteiger partial charge is 0.331 e. The Hall–Kier alpha value is -2.29. The highest BCUT2D eigenvalue weighted by Gasteiger charge is 2.23. The molecule has 0 spiro atoms. The zero-order chi connectivity index (χ0) is 13.9. The molecule has 1 aliphatic carbocycles. The summed E-state index contributed by atoms with van der Waals surface area (Å²) in [5.74, 6) is 0. The van der Waals surface area contributed by atoms with Crippen LogP contribution in [0.1, 0.15) is 29.2 Å². The number of anilines is 1. The van der Waals surface area contributed by atoms with Crippen molar-refractivity contribution in [3.63, 3.8) is 0 Å². The second kappa shape index (κ2) is 5.37. The highest BCUT2D eigenvalue weighted by atomic mass is 16.2. The molecule has 1 atom stereocenters. The number of carbonyl (C=O) groups is 1. The first kappa shape index (κ1) is 12.7. The van der Waals surface area contributed by atoms with Crippen LogP contribution >= 0.6 is 0 Å². The van der Waals surface area contributed by atoms with Gasteiger partial charge in [-0.2, -0.15) is 0 Å². The van der Waals surface area contributed by atoms with Gasteiger partial charge in [-0.15, -0.1) is 0 Å². The van der Waals surface area contributed by atoms with Crippen molar-refractivity contribution in [2.75, 3.05) is 5.32 Å². The van der Waals surface area contributed by atoms with Crippen molar-refractivity contribution < 1.29 is 4.79 Å². The van der Waals surface area contributed by atoms with Gasteiger partial charge in [-0.3, -0.25) is 0 Å². The molecule has 0 heterocycles. The van der Waals surface area contributed by atoms with Crippen molar-refractivity contribution >= 4 is 11.7 Å². The Kier molecular flexibility index (Phi) is 3.42. The van der Waals surface area contributed by atoms with Crippen LogP contribution in [0, 0.1) is 6.92 Å². The molecule has 0 bridgehead atoms. The third-order valence-electron chi connectivity index (χ3n) is 3.75. The van der Waals surface area contributed by atoms with Crippen molar-refractivity contribution in [3.05, 3.63) is 65.2 Å². The zero-order valence-electron chi connectivity index (χ0n) is 11.5. The van der Waals surface area contributed by atoms with E-state index in [1.54, 1.807) is 0 Å². The fourth-order valence-electron chi connectivity index (χ4n) is 2.67. The molecular weight excluding hydrogens is 248 g/mol. The fourth-order valence-corrected chi connectivity index (χ4v) is 2.67. The van der Waals surface area contributed by atoms with Gasteiger partial charge in [0.15, 0.2) is 0 Å². The Morgan fingerprint density at radius 1 is 1.10 bits per heavy atom. The number of urea groups is 1. The van der Waals surface area contributed by atoms with Crippen LogP contribution in [0.15, 0.2) is 48.5 Å². The molecule has 20 heavy (non-hydrogen) atoms. The molecule has 2 aromatic rings. The summed E-state index contributed by atoms with van der Waals surface area (Å²) in [6, 6.07) is 16.1. The van der Waals surface area contributed by atoms with Crippen LogP contribution in [-0.2, 0) is 6.42 Å². The van der Waals surface area contributed by atoms with Crippen LogP contribution in [-0.4, -0.2) is 6.03 Å². The average molecular weight is 266 g/mol. The molecule has 0 aromatic heterocycles. The number of hydrogen-bond acceptors (Lipinski definition) is 1. The fraction of sp³-hybridized carbons (Fsp3) is 0.235. The van der Waals surface area contributed by atoms with Crippen molar-refractivity contribution in [1.82, 2.24) is 5.32 Å². The number of benzene rings is 2. The normalized spacial score (nSPS) is 16.6. The molecule has 3 rings (SSSR count). The lowest BCUT2D eigenvalue weighted by molar-refractivity contribution is 0.248. The third-order valence-corrected chi connectivity index (χ3v) is 3.75. The molecule has 102 valence electrons. The maximum Gasteiger partial charge on any atom is 0.319 e. The predicted octanol–water partition coefficient (Wildman–Crippen LogP) is 3.80. The Labute approximate surface area is 119 Å². The highest BCUT2D eigenvalue weighted by Crippen LogP contribution is 2.30. The van der Waals surface area contributed by atoms with Crippen LogP contribution in [0.25, 0.3) is 0 Å². The molecule has 3 heteroatoms. The van der Waals surface area contributed by atoms with E-state index in [4.69, 9.17) is 0 Å². The van der Waals surface area contributed by atoms with E-state index in [0.717, 1.165) is 18.5 Å². The van der Waals surface area contributed by atoms with Gasteiger partial charge < -0.3 is 10.6 Å². The molecule has 0 fully saturated rings. The van der Waals surface area contributed by atoms with Gasteiger partial charge >= 0.3 is 6.03 Å². The summed E-state index contributed by atoms with van der Waals surface area (Å²) in [6.45, 7) is 2.03. The lowest BCUT2D eigenvalue weighted by Gasteiger charge is -2.15. The maximum atomic E-state index is 12.0. The monoisotopic (exact) mass is 266 g/mol. The molecule has 2 aromatic carbocycles. The van der Waals surface area contributed by atoms with Crippen molar-refractivity contribution in [2.45, 2.75) is 25.8 Å². The smallest absolute Gasteiger partial charge is 0.319 e. The van der Waals surface area contributed by atoms with Crippen LogP contribution in [0.3, 0.4) is 0 Å².